The maximum atomic E-state index is 12.4. The molecule has 3 rings (SSSR count). The number of aromatic carboxylic acids is 1. The Hall–Kier alpha value is -2.91. The van der Waals surface area contributed by atoms with Crippen molar-refractivity contribution >= 4 is 22.8 Å². The fourth-order valence-corrected chi connectivity index (χ4v) is 2.93. The largest absolute Gasteiger partial charge is 0.491 e. The lowest BCUT2D eigenvalue weighted by molar-refractivity contribution is -0.138. The number of rotatable bonds is 12. The van der Waals surface area contributed by atoms with Crippen molar-refractivity contribution in [3.63, 3.8) is 0 Å². The first-order chi connectivity index (χ1) is 14.0. The van der Waals surface area contributed by atoms with E-state index >= 15 is 0 Å². The Morgan fingerprint density at radius 2 is 1.72 bits per heavy atom. The molecule has 156 valence electrons. The maximum absolute atomic E-state index is 12.4. The predicted molar refractivity (Wildman–Crippen MR) is 103 cm³/mol. The normalized spacial score (nSPS) is 13.5. The van der Waals surface area contributed by atoms with Crippen molar-refractivity contribution in [1.29, 1.82) is 0 Å². The van der Waals surface area contributed by atoms with Crippen LogP contribution in [0, 0.1) is 0 Å². The van der Waals surface area contributed by atoms with E-state index in [1.165, 1.54) is 6.20 Å². The molecule has 0 bridgehead atoms. The molecular weight excluding hydrogens is 382 g/mol. The van der Waals surface area contributed by atoms with E-state index in [4.69, 9.17) is 19.3 Å². The van der Waals surface area contributed by atoms with Crippen molar-refractivity contribution in [1.82, 2.24) is 4.57 Å². The van der Waals surface area contributed by atoms with E-state index in [0.717, 1.165) is 12.8 Å². The number of carboxylic acids is 2. The number of nitrogens with zero attached hydrogens (tertiary/aromatic N) is 1. The number of carboxylic acid groups (broad SMARTS) is 2. The zero-order valence-corrected chi connectivity index (χ0v) is 15.8. The van der Waals surface area contributed by atoms with Crippen molar-refractivity contribution in [2.45, 2.75) is 25.3 Å². The first-order valence-electron chi connectivity index (χ1n) is 9.39. The van der Waals surface area contributed by atoms with Crippen LogP contribution >= 0.6 is 0 Å². The molecule has 29 heavy (non-hydrogen) atoms. The van der Waals surface area contributed by atoms with Crippen molar-refractivity contribution in [2.24, 2.45) is 0 Å². The summed E-state index contributed by atoms with van der Waals surface area (Å²) in [5, 5.41) is 18.1. The fourth-order valence-electron chi connectivity index (χ4n) is 2.93. The van der Waals surface area contributed by atoms with Crippen LogP contribution in [-0.4, -0.2) is 59.8 Å². The average molecular weight is 405 g/mol. The van der Waals surface area contributed by atoms with Crippen molar-refractivity contribution in [2.75, 3.05) is 33.0 Å². The summed E-state index contributed by atoms with van der Waals surface area (Å²) < 4.78 is 18.0. The van der Waals surface area contributed by atoms with Gasteiger partial charge in [0.25, 0.3) is 0 Å². The van der Waals surface area contributed by atoms with Gasteiger partial charge in [-0.2, -0.15) is 0 Å². The zero-order valence-electron chi connectivity index (χ0n) is 15.8. The van der Waals surface area contributed by atoms with E-state index < -0.39 is 17.4 Å². The number of hydrogen-bond acceptors (Lipinski definition) is 6. The molecular formula is C20H23NO8. The van der Waals surface area contributed by atoms with Crippen molar-refractivity contribution in [3.8, 4) is 5.75 Å². The number of ether oxygens (including phenoxy) is 3. The summed E-state index contributed by atoms with van der Waals surface area (Å²) in [5.41, 5.74) is -0.0630. The van der Waals surface area contributed by atoms with Gasteiger partial charge in [0.2, 0.25) is 5.43 Å². The van der Waals surface area contributed by atoms with Gasteiger partial charge in [-0.1, -0.05) is 0 Å². The summed E-state index contributed by atoms with van der Waals surface area (Å²) in [6, 6.07) is 5.18. The lowest BCUT2D eigenvalue weighted by Gasteiger charge is -2.13. The smallest absolute Gasteiger partial charge is 0.341 e. The highest BCUT2D eigenvalue weighted by Gasteiger charge is 2.26. The molecule has 1 aliphatic rings. The zero-order chi connectivity index (χ0) is 20.8. The maximum Gasteiger partial charge on any atom is 0.341 e. The molecule has 9 nitrogen and oxygen atoms in total. The second-order valence-corrected chi connectivity index (χ2v) is 6.71. The summed E-state index contributed by atoms with van der Waals surface area (Å²) in [6.07, 6.45) is 3.28. The summed E-state index contributed by atoms with van der Waals surface area (Å²) in [6.45, 7) is 1.41. The van der Waals surface area contributed by atoms with E-state index in [9.17, 15) is 19.5 Å². The van der Waals surface area contributed by atoms with E-state index in [-0.39, 0.29) is 24.6 Å². The number of aliphatic carboxylic acids is 1. The monoisotopic (exact) mass is 405 g/mol. The highest BCUT2D eigenvalue weighted by atomic mass is 16.5. The molecule has 0 saturated heterocycles. The molecule has 0 aliphatic heterocycles. The van der Waals surface area contributed by atoms with Crippen LogP contribution in [0.4, 0.5) is 0 Å². The van der Waals surface area contributed by atoms with E-state index in [1.54, 1.807) is 18.2 Å². The molecule has 1 fully saturated rings. The van der Waals surface area contributed by atoms with Gasteiger partial charge in [0.15, 0.2) is 0 Å². The molecule has 1 aliphatic carbocycles. The molecule has 1 saturated carbocycles. The minimum absolute atomic E-state index is 0.0367. The van der Waals surface area contributed by atoms with Crippen LogP contribution < -0.4 is 10.2 Å². The minimum atomic E-state index is -1.23. The SMILES string of the molecule is O=C(O)CCOCCOCCOc1ccc2c(=O)c(C(=O)O)cn(C3CC3)c2c1. The molecule has 0 spiro atoms. The third kappa shape index (κ3) is 5.55. The first-order valence-corrected chi connectivity index (χ1v) is 9.39. The second kappa shape index (κ2) is 9.53. The van der Waals surface area contributed by atoms with Gasteiger partial charge in [-0.15, -0.1) is 0 Å². The van der Waals surface area contributed by atoms with Crippen LogP contribution in [0.1, 0.15) is 35.7 Å². The topological polar surface area (TPSA) is 124 Å². The molecule has 1 heterocycles. The lowest BCUT2D eigenvalue weighted by atomic mass is 10.1. The second-order valence-electron chi connectivity index (χ2n) is 6.71. The molecule has 0 radical (unpaired) electrons. The van der Waals surface area contributed by atoms with Crippen LogP contribution in [0.25, 0.3) is 10.9 Å². The Kier molecular flexibility index (Phi) is 6.84. The highest BCUT2D eigenvalue weighted by molar-refractivity contribution is 5.93. The molecule has 2 aromatic rings. The van der Waals surface area contributed by atoms with Crippen LogP contribution in [0.2, 0.25) is 0 Å². The van der Waals surface area contributed by atoms with E-state index in [2.05, 4.69) is 0 Å². The van der Waals surface area contributed by atoms with Gasteiger partial charge in [0, 0.05) is 23.7 Å². The highest BCUT2D eigenvalue weighted by Crippen LogP contribution is 2.37. The molecule has 0 atom stereocenters. The van der Waals surface area contributed by atoms with Crippen LogP contribution in [0.15, 0.2) is 29.2 Å². The Morgan fingerprint density at radius 1 is 1.03 bits per heavy atom. The third-order valence-electron chi connectivity index (χ3n) is 4.50. The minimum Gasteiger partial charge on any atom is -0.491 e. The standard InChI is InChI=1S/C20H23NO8/c22-18(23)5-6-27-7-8-28-9-10-29-14-3-4-15-17(11-14)21(13-1-2-13)12-16(19(15)24)20(25)26/h3-4,11-13H,1-2,5-10H2,(H,22,23)(H,25,26). The predicted octanol–water partition coefficient (Wildman–Crippen LogP) is 1.92. The molecule has 0 unspecified atom stereocenters. The number of carbonyl (C=O) groups is 2. The summed E-state index contributed by atoms with van der Waals surface area (Å²) >= 11 is 0. The number of aromatic nitrogens is 1. The van der Waals surface area contributed by atoms with Gasteiger partial charge >= 0.3 is 11.9 Å². The van der Waals surface area contributed by atoms with Crippen LogP contribution in [0.3, 0.4) is 0 Å². The number of pyridine rings is 1. The Balaban J connectivity index is 1.55. The van der Waals surface area contributed by atoms with Gasteiger partial charge in [-0.05, 0) is 25.0 Å². The summed E-state index contributed by atoms with van der Waals surface area (Å²) in [5.74, 6) is -1.56. The summed E-state index contributed by atoms with van der Waals surface area (Å²) in [4.78, 5) is 34.1. The Labute approximate surface area is 166 Å². The van der Waals surface area contributed by atoms with Gasteiger partial charge in [-0.3, -0.25) is 9.59 Å². The number of hydrogen-bond donors (Lipinski definition) is 2. The third-order valence-corrected chi connectivity index (χ3v) is 4.50. The molecule has 1 aromatic carbocycles. The van der Waals surface area contributed by atoms with Crippen LogP contribution in [0.5, 0.6) is 5.75 Å². The average Bonchev–Trinajstić information content (AvgIpc) is 3.51. The number of benzene rings is 1. The summed E-state index contributed by atoms with van der Waals surface area (Å²) in [7, 11) is 0. The molecule has 0 amide bonds. The van der Waals surface area contributed by atoms with Gasteiger partial charge in [0.05, 0.1) is 38.4 Å². The number of fused-ring (bicyclic) bond motifs is 1. The van der Waals surface area contributed by atoms with Crippen LogP contribution in [-0.2, 0) is 14.3 Å². The van der Waals surface area contributed by atoms with E-state index in [1.807, 2.05) is 4.57 Å². The Morgan fingerprint density at radius 3 is 2.38 bits per heavy atom. The molecule has 9 heteroatoms. The van der Waals surface area contributed by atoms with Gasteiger partial charge in [-0.25, -0.2) is 4.79 Å². The Bertz CT molecular complexity index is 947. The molecule has 1 aromatic heterocycles. The van der Waals surface area contributed by atoms with E-state index in [0.29, 0.717) is 43.1 Å². The lowest BCUT2D eigenvalue weighted by Crippen LogP contribution is -2.18. The first kappa shape index (κ1) is 20.8. The van der Waals surface area contributed by atoms with Gasteiger partial charge < -0.3 is 29.0 Å². The fraction of sp³-hybridized carbons (Fsp3) is 0.450. The van der Waals surface area contributed by atoms with Gasteiger partial charge in [0.1, 0.15) is 17.9 Å². The quantitative estimate of drug-likeness (QED) is 0.513. The molecule has 2 N–H and O–H groups in total. The van der Waals surface area contributed by atoms with Crippen molar-refractivity contribution in [3.05, 3.63) is 40.2 Å². The van der Waals surface area contributed by atoms with Crippen molar-refractivity contribution < 1.29 is 34.0 Å².